The Kier molecular flexibility index (Phi) is 9.55. The molecule has 0 bridgehead atoms. The molecule has 2 rings (SSSR count). The molecule has 0 saturated carbocycles. The molecule has 0 heterocycles. The number of para-hydroxylation sites is 1. The Hall–Kier alpha value is -3.35. The van der Waals surface area contributed by atoms with Gasteiger partial charge in [-0.05, 0) is 42.8 Å². The van der Waals surface area contributed by atoms with E-state index >= 15 is 0 Å². The van der Waals surface area contributed by atoms with Crippen LogP contribution in [0.1, 0.15) is 67.2 Å². The number of rotatable bonds is 10. The van der Waals surface area contributed by atoms with E-state index < -0.39 is 11.8 Å². The van der Waals surface area contributed by atoms with Crippen LogP contribution in [0.15, 0.2) is 48.5 Å². The fraction of sp³-hybridized carbons (Fsp3) is 0.375. The molecule has 0 fully saturated rings. The number of hydrazine groups is 1. The van der Waals surface area contributed by atoms with E-state index in [1.165, 1.54) is 0 Å². The Balaban J connectivity index is 1.89. The van der Waals surface area contributed by atoms with Crippen molar-refractivity contribution in [2.75, 3.05) is 11.9 Å². The third kappa shape index (κ3) is 7.77. The van der Waals surface area contributed by atoms with Crippen molar-refractivity contribution in [1.29, 1.82) is 0 Å². The summed E-state index contributed by atoms with van der Waals surface area (Å²) in [5.41, 5.74) is 6.13. The molecule has 166 valence electrons. The molecule has 0 aliphatic carbocycles. The first-order chi connectivity index (χ1) is 14.9. The van der Waals surface area contributed by atoms with E-state index in [1.54, 1.807) is 62.4 Å². The van der Waals surface area contributed by atoms with Crippen molar-refractivity contribution in [3.8, 4) is 5.75 Å². The van der Waals surface area contributed by atoms with Gasteiger partial charge in [-0.3, -0.25) is 25.2 Å². The Labute approximate surface area is 183 Å². The first-order valence-electron chi connectivity index (χ1n) is 10.7. The van der Waals surface area contributed by atoms with Crippen LogP contribution in [0.2, 0.25) is 0 Å². The second kappa shape index (κ2) is 12.4. The Morgan fingerprint density at radius 2 is 1.55 bits per heavy atom. The first kappa shape index (κ1) is 23.9. The lowest BCUT2D eigenvalue weighted by molar-refractivity contribution is -0.118. The van der Waals surface area contributed by atoms with E-state index in [2.05, 4.69) is 23.1 Å². The summed E-state index contributed by atoms with van der Waals surface area (Å²) in [5.74, 6) is -0.681. The average Bonchev–Trinajstić information content (AvgIpc) is 2.77. The van der Waals surface area contributed by atoms with Crippen LogP contribution in [0.25, 0.3) is 0 Å². The molecule has 0 aliphatic rings. The van der Waals surface area contributed by atoms with Crippen LogP contribution in [0, 0.1) is 5.92 Å². The van der Waals surface area contributed by atoms with Gasteiger partial charge in [0.15, 0.2) is 0 Å². The summed E-state index contributed by atoms with van der Waals surface area (Å²) >= 11 is 0. The van der Waals surface area contributed by atoms with Gasteiger partial charge in [0.25, 0.3) is 11.8 Å². The van der Waals surface area contributed by atoms with Crippen LogP contribution in [0.4, 0.5) is 5.69 Å². The minimum Gasteiger partial charge on any atom is -0.493 e. The van der Waals surface area contributed by atoms with Gasteiger partial charge in [-0.15, -0.1) is 0 Å². The molecule has 2 aromatic rings. The highest BCUT2D eigenvalue weighted by molar-refractivity contribution is 6.00. The Morgan fingerprint density at radius 3 is 2.23 bits per heavy atom. The van der Waals surface area contributed by atoms with Crippen molar-refractivity contribution in [3.05, 3.63) is 59.7 Å². The van der Waals surface area contributed by atoms with E-state index in [9.17, 15) is 14.4 Å². The summed E-state index contributed by atoms with van der Waals surface area (Å²) in [6, 6.07) is 13.4. The van der Waals surface area contributed by atoms with Crippen molar-refractivity contribution >= 4 is 23.4 Å². The number of unbranched alkanes of at least 4 members (excludes halogenated alkanes) is 3. The number of hydrogen-bond acceptors (Lipinski definition) is 4. The van der Waals surface area contributed by atoms with Gasteiger partial charge in [0.1, 0.15) is 5.75 Å². The monoisotopic (exact) mass is 425 g/mol. The lowest BCUT2D eigenvalue weighted by Crippen LogP contribution is -2.41. The normalized spacial score (nSPS) is 10.5. The number of benzene rings is 2. The second-order valence-corrected chi connectivity index (χ2v) is 7.53. The molecule has 0 saturated heterocycles. The van der Waals surface area contributed by atoms with E-state index in [0.717, 1.165) is 25.7 Å². The first-order valence-corrected chi connectivity index (χ1v) is 10.7. The fourth-order valence-corrected chi connectivity index (χ4v) is 2.74. The van der Waals surface area contributed by atoms with Gasteiger partial charge in [-0.2, -0.15) is 0 Å². The summed E-state index contributed by atoms with van der Waals surface area (Å²) in [5, 5.41) is 2.76. The third-order valence-electron chi connectivity index (χ3n) is 4.62. The number of ether oxygens (including phenoxy) is 1. The second-order valence-electron chi connectivity index (χ2n) is 7.53. The maximum Gasteiger partial charge on any atom is 0.273 e. The van der Waals surface area contributed by atoms with Crippen LogP contribution < -0.4 is 20.9 Å². The minimum absolute atomic E-state index is 0.101. The number of hydrogen-bond donors (Lipinski definition) is 3. The lowest BCUT2D eigenvalue weighted by Gasteiger charge is -2.12. The Bertz CT molecular complexity index is 879. The van der Waals surface area contributed by atoms with Crippen molar-refractivity contribution in [2.45, 2.75) is 46.5 Å². The average molecular weight is 426 g/mol. The minimum atomic E-state index is -0.465. The molecule has 7 nitrogen and oxygen atoms in total. The molecule has 2 aromatic carbocycles. The SMILES string of the molecule is CCCCCCOc1ccccc1C(=O)NNC(=O)c1ccc(NC(=O)C(C)C)cc1. The molecule has 0 aromatic heterocycles. The van der Waals surface area contributed by atoms with E-state index in [0.29, 0.717) is 29.2 Å². The highest BCUT2D eigenvalue weighted by Crippen LogP contribution is 2.18. The van der Waals surface area contributed by atoms with E-state index in [-0.39, 0.29) is 11.8 Å². The maximum absolute atomic E-state index is 12.5. The van der Waals surface area contributed by atoms with Gasteiger partial charge in [-0.25, -0.2) is 0 Å². The van der Waals surface area contributed by atoms with Gasteiger partial charge in [0, 0.05) is 17.2 Å². The van der Waals surface area contributed by atoms with E-state index in [1.807, 2.05) is 0 Å². The molecule has 0 spiro atoms. The summed E-state index contributed by atoms with van der Waals surface area (Å²) in [7, 11) is 0. The zero-order chi connectivity index (χ0) is 22.6. The van der Waals surface area contributed by atoms with Crippen LogP contribution in [-0.2, 0) is 4.79 Å². The van der Waals surface area contributed by atoms with Crippen molar-refractivity contribution in [2.24, 2.45) is 5.92 Å². The number of nitrogens with one attached hydrogen (secondary N) is 3. The van der Waals surface area contributed by atoms with Crippen molar-refractivity contribution < 1.29 is 19.1 Å². The molecule has 7 heteroatoms. The topological polar surface area (TPSA) is 96.5 Å². The highest BCUT2D eigenvalue weighted by atomic mass is 16.5. The van der Waals surface area contributed by atoms with Gasteiger partial charge in [0.2, 0.25) is 5.91 Å². The lowest BCUT2D eigenvalue weighted by atomic mass is 10.1. The molecular weight excluding hydrogens is 394 g/mol. The summed E-state index contributed by atoms with van der Waals surface area (Å²) in [4.78, 5) is 36.6. The third-order valence-corrected chi connectivity index (χ3v) is 4.62. The number of amides is 3. The van der Waals surface area contributed by atoms with Gasteiger partial charge < -0.3 is 10.1 Å². The van der Waals surface area contributed by atoms with E-state index in [4.69, 9.17) is 4.74 Å². The molecule has 0 aliphatic heterocycles. The van der Waals surface area contributed by atoms with Crippen molar-refractivity contribution in [1.82, 2.24) is 10.9 Å². The molecule has 0 unspecified atom stereocenters. The zero-order valence-electron chi connectivity index (χ0n) is 18.4. The van der Waals surface area contributed by atoms with Gasteiger partial charge in [-0.1, -0.05) is 52.2 Å². The quantitative estimate of drug-likeness (QED) is 0.390. The summed E-state index contributed by atoms with van der Waals surface area (Å²) in [6.07, 6.45) is 4.31. The predicted molar refractivity (Wildman–Crippen MR) is 121 cm³/mol. The highest BCUT2D eigenvalue weighted by Gasteiger charge is 2.14. The molecule has 0 radical (unpaired) electrons. The maximum atomic E-state index is 12.5. The molecule has 3 amide bonds. The molecular formula is C24H31N3O4. The smallest absolute Gasteiger partial charge is 0.273 e. The largest absolute Gasteiger partial charge is 0.493 e. The number of carbonyl (C=O) groups excluding carboxylic acids is 3. The molecule has 0 atom stereocenters. The molecule has 3 N–H and O–H groups in total. The summed E-state index contributed by atoms with van der Waals surface area (Å²) < 4.78 is 5.75. The summed E-state index contributed by atoms with van der Waals surface area (Å²) in [6.45, 7) is 6.29. The van der Waals surface area contributed by atoms with Crippen LogP contribution in [0.5, 0.6) is 5.75 Å². The van der Waals surface area contributed by atoms with Crippen LogP contribution >= 0.6 is 0 Å². The fourth-order valence-electron chi connectivity index (χ4n) is 2.74. The van der Waals surface area contributed by atoms with Crippen LogP contribution in [0.3, 0.4) is 0 Å². The zero-order valence-corrected chi connectivity index (χ0v) is 18.4. The van der Waals surface area contributed by atoms with Gasteiger partial charge in [0.05, 0.1) is 12.2 Å². The number of anilines is 1. The Morgan fingerprint density at radius 1 is 0.871 bits per heavy atom. The standard InChI is InChI=1S/C24H31N3O4/c1-4-5-6-9-16-31-21-11-8-7-10-20(21)24(30)27-26-23(29)18-12-14-19(15-13-18)25-22(28)17(2)3/h7-8,10-15,17H,4-6,9,16H2,1-3H3,(H,25,28)(H,26,29)(H,27,30). The van der Waals surface area contributed by atoms with Gasteiger partial charge >= 0.3 is 0 Å². The van der Waals surface area contributed by atoms with Crippen LogP contribution in [-0.4, -0.2) is 24.3 Å². The predicted octanol–water partition coefficient (Wildman–Crippen LogP) is 4.32. The van der Waals surface area contributed by atoms with Crippen molar-refractivity contribution in [3.63, 3.8) is 0 Å². The molecule has 31 heavy (non-hydrogen) atoms. The number of carbonyl (C=O) groups is 3.